The molecule has 0 saturated carbocycles. The van der Waals surface area contributed by atoms with Crippen molar-refractivity contribution >= 4 is 45.0 Å². The number of rotatable bonds is 3. The molecule has 1 aliphatic heterocycles. The van der Waals surface area contributed by atoms with Crippen LogP contribution in [-0.2, 0) is 0 Å². The van der Waals surface area contributed by atoms with Gasteiger partial charge >= 0.3 is 0 Å². The van der Waals surface area contributed by atoms with Crippen LogP contribution in [-0.4, -0.2) is 35.0 Å². The van der Waals surface area contributed by atoms with Crippen molar-refractivity contribution in [2.75, 3.05) is 13.1 Å². The maximum atomic E-state index is 12.5. The standard InChI is InChI=1S/C16H13BrCl2N2O2/c17-10-1-4-15(20-8-10)23-12-5-6-21(9-12)16(22)13-3-2-11(18)7-14(13)19/h1-4,7-8,12H,5-6,9H2. The molecule has 1 aliphatic rings. The summed E-state index contributed by atoms with van der Waals surface area (Å²) < 4.78 is 6.71. The number of aromatic nitrogens is 1. The van der Waals surface area contributed by atoms with Gasteiger partial charge in [-0.2, -0.15) is 0 Å². The Balaban J connectivity index is 1.65. The SMILES string of the molecule is O=C(c1ccc(Cl)cc1Cl)N1CCC(Oc2ccc(Br)cn2)C1. The fraction of sp³-hybridized carbons (Fsp3) is 0.250. The molecular weight excluding hydrogens is 403 g/mol. The number of likely N-dealkylation sites (tertiary alicyclic amines) is 1. The fourth-order valence-corrected chi connectivity index (χ4v) is 3.17. The lowest BCUT2D eigenvalue weighted by atomic mass is 10.2. The molecule has 1 unspecified atom stereocenters. The van der Waals surface area contributed by atoms with Crippen LogP contribution in [0.25, 0.3) is 0 Å². The summed E-state index contributed by atoms with van der Waals surface area (Å²) in [5.41, 5.74) is 0.457. The van der Waals surface area contributed by atoms with Crippen LogP contribution in [0.5, 0.6) is 5.88 Å². The third-order valence-corrected chi connectivity index (χ3v) is 4.60. The van der Waals surface area contributed by atoms with E-state index in [0.29, 0.717) is 34.6 Å². The van der Waals surface area contributed by atoms with Gasteiger partial charge in [-0.15, -0.1) is 0 Å². The second-order valence-electron chi connectivity index (χ2n) is 5.22. The Morgan fingerprint density at radius 3 is 2.83 bits per heavy atom. The van der Waals surface area contributed by atoms with Crippen molar-refractivity contribution in [3.63, 3.8) is 0 Å². The Hall–Kier alpha value is -1.30. The number of carbonyl (C=O) groups is 1. The minimum Gasteiger partial charge on any atom is -0.472 e. The largest absolute Gasteiger partial charge is 0.472 e. The van der Waals surface area contributed by atoms with E-state index < -0.39 is 0 Å². The molecule has 0 N–H and O–H groups in total. The van der Waals surface area contributed by atoms with Gasteiger partial charge in [0.05, 0.1) is 17.1 Å². The molecule has 7 heteroatoms. The van der Waals surface area contributed by atoms with Gasteiger partial charge in [-0.3, -0.25) is 4.79 Å². The number of ether oxygens (including phenoxy) is 1. The summed E-state index contributed by atoms with van der Waals surface area (Å²) in [6, 6.07) is 8.55. The molecule has 23 heavy (non-hydrogen) atoms. The molecule has 2 aromatic rings. The van der Waals surface area contributed by atoms with E-state index in [2.05, 4.69) is 20.9 Å². The van der Waals surface area contributed by atoms with Gasteiger partial charge in [-0.25, -0.2) is 4.98 Å². The van der Waals surface area contributed by atoms with Gasteiger partial charge < -0.3 is 9.64 Å². The Bertz CT molecular complexity index is 725. The number of nitrogens with zero attached hydrogens (tertiary/aromatic N) is 2. The number of amides is 1. The highest BCUT2D eigenvalue weighted by Gasteiger charge is 2.29. The van der Waals surface area contributed by atoms with Crippen LogP contribution in [0.3, 0.4) is 0 Å². The summed E-state index contributed by atoms with van der Waals surface area (Å²) in [5, 5.41) is 0.872. The highest BCUT2D eigenvalue weighted by molar-refractivity contribution is 9.10. The molecule has 1 atom stereocenters. The Morgan fingerprint density at radius 1 is 1.30 bits per heavy atom. The second-order valence-corrected chi connectivity index (χ2v) is 6.98. The molecule has 1 fully saturated rings. The number of halogens is 3. The molecule has 1 aromatic heterocycles. The first-order valence-electron chi connectivity index (χ1n) is 7.05. The van der Waals surface area contributed by atoms with E-state index in [1.54, 1.807) is 35.4 Å². The number of hydrogen-bond donors (Lipinski definition) is 0. The quantitative estimate of drug-likeness (QED) is 0.743. The van der Waals surface area contributed by atoms with Crippen molar-refractivity contribution in [2.24, 2.45) is 0 Å². The number of pyridine rings is 1. The van der Waals surface area contributed by atoms with Gasteiger partial charge in [-0.1, -0.05) is 23.2 Å². The van der Waals surface area contributed by atoms with E-state index in [0.717, 1.165) is 10.9 Å². The van der Waals surface area contributed by atoms with Crippen molar-refractivity contribution in [3.05, 3.63) is 56.6 Å². The highest BCUT2D eigenvalue weighted by atomic mass is 79.9. The molecule has 120 valence electrons. The van der Waals surface area contributed by atoms with E-state index in [1.165, 1.54) is 0 Å². The van der Waals surface area contributed by atoms with Crippen LogP contribution in [0.1, 0.15) is 16.8 Å². The lowest BCUT2D eigenvalue weighted by molar-refractivity contribution is 0.0771. The fourth-order valence-electron chi connectivity index (χ4n) is 2.44. The molecule has 2 heterocycles. The molecule has 4 nitrogen and oxygen atoms in total. The molecule has 3 rings (SSSR count). The predicted octanol–water partition coefficient (Wildman–Crippen LogP) is 4.44. The van der Waals surface area contributed by atoms with Crippen molar-refractivity contribution in [1.82, 2.24) is 9.88 Å². The van der Waals surface area contributed by atoms with Gasteiger partial charge in [0.15, 0.2) is 0 Å². The first-order valence-corrected chi connectivity index (χ1v) is 8.60. The van der Waals surface area contributed by atoms with Crippen molar-refractivity contribution < 1.29 is 9.53 Å². The molecule has 1 amide bonds. The number of hydrogen-bond acceptors (Lipinski definition) is 3. The minimum atomic E-state index is -0.110. The highest BCUT2D eigenvalue weighted by Crippen LogP contribution is 2.25. The predicted molar refractivity (Wildman–Crippen MR) is 93.3 cm³/mol. The molecule has 1 aromatic carbocycles. The van der Waals surface area contributed by atoms with Crippen molar-refractivity contribution in [3.8, 4) is 5.88 Å². The average molecular weight is 416 g/mol. The van der Waals surface area contributed by atoms with Gasteiger partial charge in [-0.05, 0) is 40.2 Å². The van der Waals surface area contributed by atoms with E-state index >= 15 is 0 Å². The molecule has 0 spiro atoms. The van der Waals surface area contributed by atoms with Crippen molar-refractivity contribution in [1.29, 1.82) is 0 Å². The van der Waals surface area contributed by atoms with Gasteiger partial charge in [0, 0.05) is 34.7 Å². The number of benzene rings is 1. The van der Waals surface area contributed by atoms with Crippen LogP contribution in [0.15, 0.2) is 41.0 Å². The normalized spacial score (nSPS) is 17.3. The maximum absolute atomic E-state index is 12.5. The van der Waals surface area contributed by atoms with Crippen LogP contribution in [0, 0.1) is 0 Å². The van der Waals surface area contributed by atoms with E-state index in [4.69, 9.17) is 27.9 Å². The van der Waals surface area contributed by atoms with E-state index in [9.17, 15) is 4.79 Å². The Kier molecular flexibility index (Phi) is 5.09. The summed E-state index contributed by atoms with van der Waals surface area (Å²) >= 11 is 15.3. The van der Waals surface area contributed by atoms with Crippen LogP contribution in [0.2, 0.25) is 10.0 Å². The lowest BCUT2D eigenvalue weighted by Gasteiger charge is -2.17. The van der Waals surface area contributed by atoms with Crippen LogP contribution < -0.4 is 4.74 Å². The summed E-state index contributed by atoms with van der Waals surface area (Å²) in [6.07, 6.45) is 2.37. The first kappa shape index (κ1) is 16.6. The zero-order valence-corrected chi connectivity index (χ0v) is 15.1. The summed E-state index contributed by atoms with van der Waals surface area (Å²) in [6.45, 7) is 1.13. The van der Waals surface area contributed by atoms with Crippen molar-refractivity contribution in [2.45, 2.75) is 12.5 Å². The summed E-state index contributed by atoms with van der Waals surface area (Å²) in [5.74, 6) is 0.443. The smallest absolute Gasteiger partial charge is 0.255 e. The van der Waals surface area contributed by atoms with E-state index in [-0.39, 0.29) is 12.0 Å². The molecule has 1 saturated heterocycles. The second kappa shape index (κ2) is 7.07. The molecule has 0 bridgehead atoms. The first-order chi connectivity index (χ1) is 11.0. The molecular formula is C16H13BrCl2N2O2. The third-order valence-electron chi connectivity index (χ3n) is 3.58. The van der Waals surface area contributed by atoms with Gasteiger partial charge in [0.25, 0.3) is 5.91 Å². The summed E-state index contributed by atoms with van der Waals surface area (Å²) in [4.78, 5) is 18.5. The minimum absolute atomic E-state index is 0.0706. The van der Waals surface area contributed by atoms with E-state index in [1.807, 2.05) is 6.07 Å². The topological polar surface area (TPSA) is 42.4 Å². The van der Waals surface area contributed by atoms with Crippen LogP contribution >= 0.6 is 39.1 Å². The zero-order chi connectivity index (χ0) is 16.4. The van der Waals surface area contributed by atoms with Gasteiger partial charge in [0.2, 0.25) is 5.88 Å². The third kappa shape index (κ3) is 3.97. The monoisotopic (exact) mass is 414 g/mol. The molecule has 0 aliphatic carbocycles. The average Bonchev–Trinajstić information content (AvgIpc) is 2.97. The van der Waals surface area contributed by atoms with Gasteiger partial charge in [0.1, 0.15) is 6.10 Å². The number of carbonyl (C=O) groups excluding carboxylic acids is 1. The Morgan fingerprint density at radius 2 is 2.13 bits per heavy atom. The molecule has 0 radical (unpaired) electrons. The lowest BCUT2D eigenvalue weighted by Crippen LogP contribution is -2.31. The zero-order valence-electron chi connectivity index (χ0n) is 12.0. The Labute approximate surface area is 152 Å². The van der Waals surface area contributed by atoms with Crippen LogP contribution in [0.4, 0.5) is 0 Å². The maximum Gasteiger partial charge on any atom is 0.255 e. The summed E-state index contributed by atoms with van der Waals surface area (Å²) in [7, 11) is 0.